The Hall–Kier alpha value is -2.08. The van der Waals surface area contributed by atoms with Crippen LogP contribution < -0.4 is 11.1 Å². The van der Waals surface area contributed by atoms with Crippen LogP contribution in [0.2, 0.25) is 0 Å². The van der Waals surface area contributed by atoms with Crippen LogP contribution in [0.1, 0.15) is 15.9 Å². The van der Waals surface area contributed by atoms with Crippen molar-refractivity contribution < 1.29 is 14.7 Å². The number of carbonyl (C=O) groups is 2. The van der Waals surface area contributed by atoms with Crippen molar-refractivity contribution >= 4 is 12.0 Å². The summed E-state index contributed by atoms with van der Waals surface area (Å²) in [6.45, 7) is 1.83. The number of piperazine rings is 1. The van der Waals surface area contributed by atoms with Gasteiger partial charge in [-0.3, -0.25) is 4.79 Å². The monoisotopic (exact) mass is 263 g/mol. The van der Waals surface area contributed by atoms with Crippen molar-refractivity contribution in [1.82, 2.24) is 10.2 Å². The predicted molar refractivity (Wildman–Crippen MR) is 70.1 cm³/mol. The second-order valence-electron chi connectivity index (χ2n) is 4.60. The third-order valence-electron chi connectivity index (χ3n) is 3.31. The maximum atomic E-state index is 11.1. The molecule has 19 heavy (non-hydrogen) atoms. The quantitative estimate of drug-likeness (QED) is 0.730. The second kappa shape index (κ2) is 5.71. The van der Waals surface area contributed by atoms with E-state index in [9.17, 15) is 9.59 Å². The first kappa shape index (κ1) is 13.4. The van der Waals surface area contributed by atoms with Crippen LogP contribution in [-0.2, 0) is 6.42 Å². The second-order valence-corrected chi connectivity index (χ2v) is 4.60. The lowest BCUT2D eigenvalue weighted by molar-refractivity contribution is 0.1000. The number of carboxylic acid groups (broad SMARTS) is 1. The van der Waals surface area contributed by atoms with E-state index in [0.717, 1.165) is 5.56 Å². The van der Waals surface area contributed by atoms with Crippen LogP contribution in [0.25, 0.3) is 0 Å². The van der Waals surface area contributed by atoms with Crippen LogP contribution in [0, 0.1) is 0 Å². The average molecular weight is 263 g/mol. The van der Waals surface area contributed by atoms with Crippen LogP contribution in [0.4, 0.5) is 4.79 Å². The fraction of sp³-hybridized carbons (Fsp3) is 0.385. The van der Waals surface area contributed by atoms with Crippen LogP contribution in [0.5, 0.6) is 0 Å². The largest absolute Gasteiger partial charge is 0.465 e. The molecule has 1 aliphatic rings. The molecule has 1 heterocycles. The highest BCUT2D eigenvalue weighted by Crippen LogP contribution is 2.12. The summed E-state index contributed by atoms with van der Waals surface area (Å²) in [6, 6.07) is 6.88. The molecule has 0 saturated carbocycles. The van der Waals surface area contributed by atoms with Gasteiger partial charge in [-0.15, -0.1) is 0 Å². The Bertz CT molecular complexity index is 473. The third-order valence-corrected chi connectivity index (χ3v) is 3.31. The number of nitrogens with two attached hydrogens (primary N) is 1. The van der Waals surface area contributed by atoms with Crippen LogP contribution in [-0.4, -0.2) is 47.7 Å². The van der Waals surface area contributed by atoms with Gasteiger partial charge in [0.05, 0.1) is 6.04 Å². The van der Waals surface area contributed by atoms with E-state index in [2.05, 4.69) is 5.32 Å². The molecule has 1 aliphatic heterocycles. The highest BCUT2D eigenvalue weighted by atomic mass is 16.4. The topological polar surface area (TPSA) is 95.7 Å². The van der Waals surface area contributed by atoms with E-state index >= 15 is 0 Å². The van der Waals surface area contributed by atoms with E-state index in [-0.39, 0.29) is 6.04 Å². The zero-order valence-electron chi connectivity index (χ0n) is 10.5. The lowest BCUT2D eigenvalue weighted by Gasteiger charge is -2.34. The minimum atomic E-state index is -0.889. The molecule has 1 atom stereocenters. The first-order valence-corrected chi connectivity index (χ1v) is 6.17. The summed E-state index contributed by atoms with van der Waals surface area (Å²) in [5.41, 5.74) is 6.62. The average Bonchev–Trinajstić information content (AvgIpc) is 2.39. The van der Waals surface area contributed by atoms with Gasteiger partial charge in [0.2, 0.25) is 5.91 Å². The van der Waals surface area contributed by atoms with E-state index in [1.807, 2.05) is 12.1 Å². The van der Waals surface area contributed by atoms with Crippen LogP contribution >= 0.6 is 0 Å². The lowest BCUT2D eigenvalue weighted by atomic mass is 10.0. The van der Waals surface area contributed by atoms with Gasteiger partial charge in [0.15, 0.2) is 0 Å². The van der Waals surface area contributed by atoms with Gasteiger partial charge in [0.1, 0.15) is 0 Å². The van der Waals surface area contributed by atoms with Crippen molar-refractivity contribution in [2.24, 2.45) is 5.73 Å². The van der Waals surface area contributed by atoms with Gasteiger partial charge in [-0.1, -0.05) is 12.1 Å². The van der Waals surface area contributed by atoms with Crippen molar-refractivity contribution in [2.75, 3.05) is 19.6 Å². The molecule has 0 aliphatic carbocycles. The Morgan fingerprint density at radius 2 is 2.05 bits per heavy atom. The van der Waals surface area contributed by atoms with E-state index in [4.69, 9.17) is 10.8 Å². The number of nitrogens with one attached hydrogen (secondary N) is 1. The van der Waals surface area contributed by atoms with E-state index in [1.54, 1.807) is 12.1 Å². The minimum absolute atomic E-state index is 0.0781. The van der Waals surface area contributed by atoms with Gasteiger partial charge in [-0.2, -0.15) is 0 Å². The molecule has 1 unspecified atom stereocenters. The Morgan fingerprint density at radius 1 is 1.37 bits per heavy atom. The van der Waals surface area contributed by atoms with Gasteiger partial charge in [0.25, 0.3) is 0 Å². The first-order chi connectivity index (χ1) is 9.08. The zero-order valence-corrected chi connectivity index (χ0v) is 10.5. The fourth-order valence-corrected chi connectivity index (χ4v) is 2.27. The van der Waals surface area contributed by atoms with Crippen LogP contribution in [0.3, 0.4) is 0 Å². The number of amides is 2. The summed E-state index contributed by atoms with van der Waals surface area (Å²) in [5.74, 6) is -0.460. The van der Waals surface area contributed by atoms with Gasteiger partial charge in [-0.05, 0) is 24.1 Å². The molecule has 6 nitrogen and oxygen atoms in total. The molecular formula is C13H17N3O3. The molecule has 2 amide bonds. The lowest BCUT2D eigenvalue weighted by Crippen LogP contribution is -2.54. The van der Waals surface area contributed by atoms with Crippen molar-refractivity contribution in [1.29, 1.82) is 0 Å². The maximum absolute atomic E-state index is 11.1. The zero-order chi connectivity index (χ0) is 13.8. The number of hydrogen-bond donors (Lipinski definition) is 3. The molecule has 1 saturated heterocycles. The van der Waals surface area contributed by atoms with Gasteiger partial charge in [0, 0.05) is 25.2 Å². The molecule has 1 fully saturated rings. The van der Waals surface area contributed by atoms with Crippen molar-refractivity contribution in [3.05, 3.63) is 35.4 Å². The molecule has 0 aromatic heterocycles. The molecule has 102 valence electrons. The predicted octanol–water partition coefficient (Wildman–Crippen LogP) is 0.280. The number of hydrogen-bond acceptors (Lipinski definition) is 3. The third kappa shape index (κ3) is 3.23. The first-order valence-electron chi connectivity index (χ1n) is 6.17. The Kier molecular flexibility index (Phi) is 4.01. The van der Waals surface area contributed by atoms with E-state index in [0.29, 0.717) is 31.6 Å². The normalized spacial score (nSPS) is 19.2. The smallest absolute Gasteiger partial charge is 0.407 e. The molecule has 4 N–H and O–H groups in total. The molecule has 1 aromatic rings. The summed E-state index contributed by atoms with van der Waals surface area (Å²) in [6.07, 6.45) is -0.265. The summed E-state index contributed by atoms with van der Waals surface area (Å²) < 4.78 is 0. The number of nitrogens with zero attached hydrogens (tertiary/aromatic N) is 1. The van der Waals surface area contributed by atoms with Crippen LogP contribution in [0.15, 0.2) is 24.3 Å². The van der Waals surface area contributed by atoms with Gasteiger partial charge < -0.3 is 21.1 Å². The Labute approximate surface area is 111 Å². The summed E-state index contributed by atoms with van der Waals surface area (Å²) in [5, 5.41) is 12.3. The standard InChI is InChI=1S/C13H17N3O3/c14-12(17)10-3-1-9(2-4-10)7-11-8-15-5-6-16(11)13(18)19/h1-4,11,15H,5-8H2,(H2,14,17)(H,18,19). The highest BCUT2D eigenvalue weighted by molar-refractivity contribution is 5.92. The molecule has 1 aromatic carbocycles. The van der Waals surface area contributed by atoms with Crippen molar-refractivity contribution in [3.8, 4) is 0 Å². The fourth-order valence-electron chi connectivity index (χ4n) is 2.27. The molecular weight excluding hydrogens is 246 g/mol. The molecule has 6 heteroatoms. The molecule has 2 rings (SSSR count). The molecule has 0 bridgehead atoms. The van der Waals surface area contributed by atoms with E-state index in [1.165, 1.54) is 4.90 Å². The SMILES string of the molecule is NC(=O)c1ccc(CC2CNCCN2C(=O)O)cc1. The van der Waals surface area contributed by atoms with Gasteiger partial charge in [-0.25, -0.2) is 4.79 Å². The number of primary amides is 1. The van der Waals surface area contributed by atoms with Gasteiger partial charge >= 0.3 is 6.09 Å². The number of rotatable bonds is 3. The summed E-state index contributed by atoms with van der Waals surface area (Å²) in [4.78, 5) is 23.6. The molecule has 0 radical (unpaired) electrons. The Morgan fingerprint density at radius 3 is 2.63 bits per heavy atom. The van der Waals surface area contributed by atoms with E-state index < -0.39 is 12.0 Å². The maximum Gasteiger partial charge on any atom is 0.407 e. The molecule has 0 spiro atoms. The minimum Gasteiger partial charge on any atom is -0.465 e. The Balaban J connectivity index is 2.06. The van der Waals surface area contributed by atoms with Crippen molar-refractivity contribution in [3.63, 3.8) is 0 Å². The summed E-state index contributed by atoms with van der Waals surface area (Å²) in [7, 11) is 0. The van der Waals surface area contributed by atoms with Crippen molar-refractivity contribution in [2.45, 2.75) is 12.5 Å². The highest BCUT2D eigenvalue weighted by Gasteiger charge is 2.26. The summed E-state index contributed by atoms with van der Waals surface area (Å²) >= 11 is 0. The number of benzene rings is 1. The number of carbonyl (C=O) groups excluding carboxylic acids is 1.